The number of amides is 1. The van der Waals surface area contributed by atoms with E-state index < -0.39 is 0 Å². The highest BCUT2D eigenvalue weighted by Crippen LogP contribution is 2.28. The normalized spacial score (nSPS) is 17.7. The van der Waals surface area contributed by atoms with E-state index >= 15 is 0 Å². The second-order valence-corrected chi connectivity index (χ2v) is 5.12. The molecule has 1 saturated heterocycles. The number of anilines is 1. The summed E-state index contributed by atoms with van der Waals surface area (Å²) in [7, 11) is 1.65. The van der Waals surface area contributed by atoms with Crippen LogP contribution in [-0.4, -0.2) is 30.5 Å². The Morgan fingerprint density at radius 1 is 1.48 bits per heavy atom. The molecule has 0 saturated carbocycles. The van der Waals surface area contributed by atoms with Gasteiger partial charge in [-0.15, -0.1) is 0 Å². The largest absolute Gasteiger partial charge is 0.357 e. The Hall–Kier alpha value is -2.61. The molecule has 1 N–H and O–H groups in total. The van der Waals surface area contributed by atoms with Crippen molar-refractivity contribution in [2.75, 3.05) is 18.5 Å². The molecule has 1 unspecified atom stereocenters. The van der Waals surface area contributed by atoms with Crippen LogP contribution in [0.4, 0.5) is 5.82 Å². The smallest absolute Gasteiger partial charge is 0.242 e. The first-order valence-electron chi connectivity index (χ1n) is 7.02. The molecule has 1 aliphatic rings. The first kappa shape index (κ1) is 13.4. The predicted molar refractivity (Wildman–Crippen MR) is 80.9 cm³/mol. The third-order valence-corrected chi connectivity index (χ3v) is 3.92. The molecule has 5 heteroatoms. The molecule has 1 aromatic heterocycles. The van der Waals surface area contributed by atoms with Crippen LogP contribution in [0.25, 0.3) is 10.9 Å². The molecule has 0 aliphatic carbocycles. The molecule has 2 aromatic rings. The fraction of sp³-hybridized carbons (Fsp3) is 0.312. The summed E-state index contributed by atoms with van der Waals surface area (Å²) in [5.41, 5.74) is 1.38. The number of nitriles is 1. The number of nitrogens with one attached hydrogen (secondary N) is 1. The van der Waals surface area contributed by atoms with Crippen LogP contribution < -0.4 is 10.2 Å². The zero-order valence-corrected chi connectivity index (χ0v) is 11.8. The Morgan fingerprint density at radius 3 is 3.05 bits per heavy atom. The molecule has 0 bridgehead atoms. The second-order valence-electron chi connectivity index (χ2n) is 5.12. The second kappa shape index (κ2) is 5.41. The van der Waals surface area contributed by atoms with Crippen LogP contribution in [0.2, 0.25) is 0 Å². The summed E-state index contributed by atoms with van der Waals surface area (Å²) in [6.07, 6.45) is 1.77. The molecule has 3 rings (SSSR count). The standard InChI is InChI=1S/C16H16N4O/c1-18-16(21)14-7-4-8-20(14)15-9-11(10-17)12-5-2-3-6-13(12)19-15/h2-3,5-6,9,14H,4,7-8H2,1H3,(H,18,21). The summed E-state index contributed by atoms with van der Waals surface area (Å²) in [6, 6.07) is 11.4. The Morgan fingerprint density at radius 2 is 2.29 bits per heavy atom. The molecule has 0 radical (unpaired) electrons. The predicted octanol–water partition coefficient (Wildman–Crippen LogP) is 1.82. The third-order valence-electron chi connectivity index (χ3n) is 3.92. The van der Waals surface area contributed by atoms with Crippen molar-refractivity contribution in [2.24, 2.45) is 0 Å². The van der Waals surface area contributed by atoms with E-state index in [2.05, 4.69) is 16.4 Å². The van der Waals surface area contributed by atoms with E-state index in [1.54, 1.807) is 13.1 Å². The Bertz CT molecular complexity index is 735. The van der Waals surface area contributed by atoms with E-state index in [0.717, 1.165) is 30.3 Å². The van der Waals surface area contributed by atoms with Gasteiger partial charge in [-0.2, -0.15) is 5.26 Å². The third kappa shape index (κ3) is 2.29. The van der Waals surface area contributed by atoms with Crippen molar-refractivity contribution in [2.45, 2.75) is 18.9 Å². The van der Waals surface area contributed by atoms with E-state index in [0.29, 0.717) is 11.4 Å². The van der Waals surface area contributed by atoms with Gasteiger partial charge < -0.3 is 10.2 Å². The number of carbonyl (C=O) groups excluding carboxylic acids is 1. The fourth-order valence-corrected chi connectivity index (χ4v) is 2.88. The highest BCUT2D eigenvalue weighted by atomic mass is 16.2. The van der Waals surface area contributed by atoms with Crippen molar-refractivity contribution in [1.82, 2.24) is 10.3 Å². The van der Waals surface area contributed by atoms with E-state index in [4.69, 9.17) is 0 Å². The molecule has 21 heavy (non-hydrogen) atoms. The van der Waals surface area contributed by atoms with Crippen LogP contribution >= 0.6 is 0 Å². The first-order valence-corrected chi connectivity index (χ1v) is 7.02. The van der Waals surface area contributed by atoms with Crippen molar-refractivity contribution in [3.8, 4) is 6.07 Å². The maximum Gasteiger partial charge on any atom is 0.242 e. The Balaban J connectivity index is 2.08. The van der Waals surface area contributed by atoms with Gasteiger partial charge in [-0.05, 0) is 25.0 Å². The van der Waals surface area contributed by atoms with Crippen LogP contribution in [0.3, 0.4) is 0 Å². The molecular weight excluding hydrogens is 264 g/mol. The van der Waals surface area contributed by atoms with Crippen LogP contribution in [0.1, 0.15) is 18.4 Å². The van der Waals surface area contributed by atoms with E-state index in [1.807, 2.05) is 29.2 Å². The lowest BCUT2D eigenvalue weighted by Crippen LogP contribution is -2.42. The quantitative estimate of drug-likeness (QED) is 0.911. The number of aromatic nitrogens is 1. The van der Waals surface area contributed by atoms with Crippen molar-refractivity contribution >= 4 is 22.6 Å². The average molecular weight is 280 g/mol. The van der Waals surface area contributed by atoms with E-state index in [-0.39, 0.29) is 11.9 Å². The molecule has 2 heterocycles. The van der Waals surface area contributed by atoms with Gasteiger partial charge in [0, 0.05) is 19.0 Å². The maximum absolute atomic E-state index is 12.0. The van der Waals surface area contributed by atoms with Crippen LogP contribution in [0, 0.1) is 11.3 Å². The highest BCUT2D eigenvalue weighted by Gasteiger charge is 2.31. The minimum absolute atomic E-state index is 0.000895. The zero-order chi connectivity index (χ0) is 14.8. The molecule has 1 fully saturated rings. The summed E-state index contributed by atoms with van der Waals surface area (Å²) in [5, 5.41) is 12.9. The van der Waals surface area contributed by atoms with Crippen molar-refractivity contribution < 1.29 is 4.79 Å². The number of pyridine rings is 1. The van der Waals surface area contributed by atoms with Gasteiger partial charge in [0.2, 0.25) is 5.91 Å². The molecule has 1 atom stereocenters. The number of hydrogen-bond donors (Lipinski definition) is 1. The van der Waals surface area contributed by atoms with Crippen molar-refractivity contribution in [1.29, 1.82) is 5.26 Å². The first-order chi connectivity index (χ1) is 10.2. The summed E-state index contributed by atoms with van der Waals surface area (Å²) in [4.78, 5) is 18.6. The van der Waals surface area contributed by atoms with Gasteiger partial charge in [0.25, 0.3) is 0 Å². The van der Waals surface area contributed by atoms with Crippen LogP contribution in [-0.2, 0) is 4.79 Å². The lowest BCUT2D eigenvalue weighted by Gasteiger charge is -2.24. The number of likely N-dealkylation sites (N-methyl/N-ethyl adjacent to an activating group) is 1. The van der Waals surface area contributed by atoms with Gasteiger partial charge in [-0.1, -0.05) is 18.2 Å². The van der Waals surface area contributed by atoms with Gasteiger partial charge in [0.05, 0.1) is 17.1 Å². The van der Waals surface area contributed by atoms with Gasteiger partial charge in [-0.3, -0.25) is 4.79 Å². The summed E-state index contributed by atoms with van der Waals surface area (Å²) >= 11 is 0. The SMILES string of the molecule is CNC(=O)C1CCCN1c1cc(C#N)c2ccccc2n1. The number of nitrogens with zero attached hydrogens (tertiary/aromatic N) is 3. The zero-order valence-electron chi connectivity index (χ0n) is 11.8. The average Bonchev–Trinajstić information content (AvgIpc) is 3.02. The monoisotopic (exact) mass is 280 g/mol. The van der Waals surface area contributed by atoms with E-state index in [1.165, 1.54) is 0 Å². The number of benzene rings is 1. The fourth-order valence-electron chi connectivity index (χ4n) is 2.88. The van der Waals surface area contributed by atoms with Crippen LogP contribution in [0.15, 0.2) is 30.3 Å². The number of hydrogen-bond acceptors (Lipinski definition) is 4. The van der Waals surface area contributed by atoms with Crippen molar-refractivity contribution in [3.05, 3.63) is 35.9 Å². The van der Waals surface area contributed by atoms with Gasteiger partial charge in [0.15, 0.2) is 0 Å². The lowest BCUT2D eigenvalue weighted by molar-refractivity contribution is -0.121. The van der Waals surface area contributed by atoms with Gasteiger partial charge in [-0.25, -0.2) is 4.98 Å². The number of carbonyl (C=O) groups is 1. The van der Waals surface area contributed by atoms with E-state index in [9.17, 15) is 10.1 Å². The molecule has 1 amide bonds. The summed E-state index contributed by atoms with van der Waals surface area (Å²) < 4.78 is 0. The topological polar surface area (TPSA) is 69.0 Å². The summed E-state index contributed by atoms with van der Waals surface area (Å²) in [5.74, 6) is 0.706. The molecule has 106 valence electrons. The molecule has 5 nitrogen and oxygen atoms in total. The Kier molecular flexibility index (Phi) is 3.44. The maximum atomic E-state index is 12.0. The number of rotatable bonds is 2. The number of fused-ring (bicyclic) bond motifs is 1. The molecular formula is C16H16N4O. The number of para-hydroxylation sites is 1. The van der Waals surface area contributed by atoms with Crippen molar-refractivity contribution in [3.63, 3.8) is 0 Å². The minimum atomic E-state index is -0.199. The van der Waals surface area contributed by atoms with Crippen LogP contribution in [0.5, 0.6) is 0 Å². The Labute approximate surface area is 123 Å². The van der Waals surface area contributed by atoms with Gasteiger partial charge >= 0.3 is 0 Å². The lowest BCUT2D eigenvalue weighted by atomic mass is 10.1. The minimum Gasteiger partial charge on any atom is -0.357 e. The summed E-state index contributed by atoms with van der Waals surface area (Å²) in [6.45, 7) is 0.786. The molecule has 1 aliphatic heterocycles. The van der Waals surface area contributed by atoms with Gasteiger partial charge in [0.1, 0.15) is 11.9 Å². The highest BCUT2D eigenvalue weighted by molar-refractivity contribution is 5.89. The molecule has 0 spiro atoms. The molecule has 1 aromatic carbocycles.